The maximum absolute atomic E-state index is 12.1. The zero-order valence-electron chi connectivity index (χ0n) is 13.9. The van der Waals surface area contributed by atoms with E-state index < -0.39 is 29.8 Å². The maximum atomic E-state index is 12.1. The van der Waals surface area contributed by atoms with Gasteiger partial charge in [-0.25, -0.2) is 9.59 Å². The summed E-state index contributed by atoms with van der Waals surface area (Å²) in [5.41, 5.74) is -0.419. The zero-order valence-corrected chi connectivity index (χ0v) is 13.9. The molecule has 1 saturated heterocycles. The quantitative estimate of drug-likeness (QED) is 0.840. The Labute approximate surface area is 135 Å². The first kappa shape index (κ1) is 17.3. The number of rotatable bonds is 3. The van der Waals surface area contributed by atoms with Crippen LogP contribution in [0.3, 0.4) is 0 Å². The van der Waals surface area contributed by atoms with E-state index in [1.165, 1.54) is 15.6 Å². The fourth-order valence-electron chi connectivity index (χ4n) is 2.34. The van der Waals surface area contributed by atoms with Crippen LogP contribution in [0.2, 0.25) is 0 Å². The lowest BCUT2D eigenvalue weighted by Crippen LogP contribution is -2.35. The molecule has 0 aliphatic carbocycles. The molecule has 23 heavy (non-hydrogen) atoms. The smallest absolute Gasteiger partial charge is 0.410 e. The van der Waals surface area contributed by atoms with Crippen molar-refractivity contribution in [3.63, 3.8) is 0 Å². The van der Waals surface area contributed by atoms with Gasteiger partial charge >= 0.3 is 12.1 Å². The first-order valence-corrected chi connectivity index (χ1v) is 7.59. The third-order valence-electron chi connectivity index (χ3n) is 3.34. The minimum atomic E-state index is -0.780. The molecule has 1 aliphatic heterocycles. The maximum Gasteiger partial charge on any atom is 0.410 e. The van der Waals surface area contributed by atoms with Crippen molar-refractivity contribution in [3.8, 4) is 0 Å². The first-order valence-electron chi connectivity index (χ1n) is 7.59. The van der Waals surface area contributed by atoms with Crippen LogP contribution in [0.25, 0.3) is 0 Å². The monoisotopic (exact) mass is 325 g/mol. The first-order chi connectivity index (χ1) is 10.7. The molecule has 1 aliphatic rings. The van der Waals surface area contributed by atoms with E-state index in [1.807, 2.05) is 0 Å². The van der Waals surface area contributed by atoms with Crippen LogP contribution in [0, 0.1) is 0 Å². The molecular weight excluding hydrogens is 302 g/mol. The molecule has 2 rings (SSSR count). The van der Waals surface area contributed by atoms with E-state index in [0.717, 1.165) is 0 Å². The molecule has 0 spiro atoms. The minimum Gasteiger partial charge on any atom is -0.461 e. The summed E-state index contributed by atoms with van der Waals surface area (Å²) in [6.45, 7) is 7.77. The number of β-amino-alcohol motifs (C(OH)–C–C–N with tert-alkyl or cyclic N) is 1. The van der Waals surface area contributed by atoms with Gasteiger partial charge in [0.25, 0.3) is 0 Å². The van der Waals surface area contributed by atoms with E-state index in [1.54, 1.807) is 33.9 Å². The molecule has 0 saturated carbocycles. The molecule has 0 unspecified atom stereocenters. The van der Waals surface area contributed by atoms with Crippen molar-refractivity contribution in [1.82, 2.24) is 14.7 Å². The van der Waals surface area contributed by atoms with E-state index in [9.17, 15) is 14.7 Å². The number of esters is 1. The Hall–Kier alpha value is -2.09. The Morgan fingerprint density at radius 2 is 2.09 bits per heavy atom. The molecule has 1 aromatic rings. The summed E-state index contributed by atoms with van der Waals surface area (Å²) in [4.78, 5) is 25.1. The number of aromatic nitrogens is 2. The molecule has 1 fully saturated rings. The standard InChI is InChI=1S/C15H23N3O5/c1-5-22-13(20)10-6-7-18(16-10)11-8-17(9-12(11)19)14(21)23-15(2,3)4/h6-7,11-12,19H,5,8-9H2,1-4H3/t11-,12-/m1/s1. The van der Waals surface area contributed by atoms with Gasteiger partial charge in [-0.05, 0) is 33.8 Å². The van der Waals surface area contributed by atoms with Gasteiger partial charge < -0.3 is 19.5 Å². The van der Waals surface area contributed by atoms with Crippen molar-refractivity contribution in [3.05, 3.63) is 18.0 Å². The minimum absolute atomic E-state index is 0.161. The summed E-state index contributed by atoms with van der Waals surface area (Å²) in [6, 6.07) is 1.10. The lowest BCUT2D eigenvalue weighted by atomic mass is 10.2. The fourth-order valence-corrected chi connectivity index (χ4v) is 2.34. The second-order valence-electron chi connectivity index (χ2n) is 6.42. The number of aliphatic hydroxyl groups excluding tert-OH is 1. The van der Waals surface area contributed by atoms with Crippen LogP contribution in [0.5, 0.6) is 0 Å². The average molecular weight is 325 g/mol. The Kier molecular flexibility index (Phi) is 4.93. The molecule has 2 atom stereocenters. The van der Waals surface area contributed by atoms with Gasteiger partial charge in [0.15, 0.2) is 5.69 Å². The summed E-state index contributed by atoms with van der Waals surface area (Å²) in [5, 5.41) is 14.3. The van der Waals surface area contributed by atoms with Crippen LogP contribution in [0.1, 0.15) is 44.2 Å². The number of amides is 1. The summed E-state index contributed by atoms with van der Waals surface area (Å²) in [7, 11) is 0. The second-order valence-corrected chi connectivity index (χ2v) is 6.42. The molecule has 1 amide bonds. The second kappa shape index (κ2) is 6.57. The Morgan fingerprint density at radius 3 is 2.70 bits per heavy atom. The van der Waals surface area contributed by atoms with Crippen LogP contribution < -0.4 is 0 Å². The highest BCUT2D eigenvalue weighted by atomic mass is 16.6. The average Bonchev–Trinajstić information content (AvgIpc) is 3.03. The van der Waals surface area contributed by atoms with Gasteiger partial charge in [-0.2, -0.15) is 5.10 Å². The van der Waals surface area contributed by atoms with E-state index in [0.29, 0.717) is 0 Å². The summed E-state index contributed by atoms with van der Waals surface area (Å²) in [5.74, 6) is -0.511. The van der Waals surface area contributed by atoms with Crippen molar-refractivity contribution in [1.29, 1.82) is 0 Å². The largest absolute Gasteiger partial charge is 0.461 e. The normalized spacial score (nSPS) is 21.3. The molecule has 0 bridgehead atoms. The Bertz CT molecular complexity index is 578. The zero-order chi connectivity index (χ0) is 17.2. The molecule has 8 nitrogen and oxygen atoms in total. The van der Waals surface area contributed by atoms with Gasteiger partial charge in [0.1, 0.15) is 5.60 Å². The fraction of sp³-hybridized carbons (Fsp3) is 0.667. The molecule has 1 N–H and O–H groups in total. The highest BCUT2D eigenvalue weighted by Crippen LogP contribution is 2.24. The molecule has 8 heteroatoms. The molecule has 1 aromatic heterocycles. The van der Waals surface area contributed by atoms with Crippen LogP contribution >= 0.6 is 0 Å². The van der Waals surface area contributed by atoms with Crippen LogP contribution in [-0.4, -0.2) is 63.3 Å². The highest BCUT2D eigenvalue weighted by molar-refractivity contribution is 5.87. The number of nitrogens with zero attached hydrogens (tertiary/aromatic N) is 3. The van der Waals surface area contributed by atoms with E-state index in [2.05, 4.69) is 5.10 Å². The number of carbonyl (C=O) groups excluding carboxylic acids is 2. The highest BCUT2D eigenvalue weighted by Gasteiger charge is 2.37. The van der Waals surface area contributed by atoms with Gasteiger partial charge in [0.05, 0.1) is 25.3 Å². The number of aliphatic hydroxyl groups is 1. The Balaban J connectivity index is 2.04. The van der Waals surface area contributed by atoms with Crippen molar-refractivity contribution >= 4 is 12.1 Å². The number of carbonyl (C=O) groups is 2. The van der Waals surface area contributed by atoms with E-state index in [-0.39, 0.29) is 25.4 Å². The number of ether oxygens (including phenoxy) is 2. The summed E-state index contributed by atoms with van der Waals surface area (Å²) >= 11 is 0. The molecule has 2 heterocycles. The Morgan fingerprint density at radius 1 is 1.39 bits per heavy atom. The van der Waals surface area contributed by atoms with Crippen molar-refractivity contribution in [2.24, 2.45) is 0 Å². The predicted molar refractivity (Wildman–Crippen MR) is 81.0 cm³/mol. The molecule has 0 radical (unpaired) electrons. The summed E-state index contributed by atoms with van der Waals surface area (Å²) in [6.07, 6.45) is 0.341. The number of hydrogen-bond acceptors (Lipinski definition) is 6. The van der Waals surface area contributed by atoms with Crippen molar-refractivity contribution < 1.29 is 24.2 Å². The van der Waals surface area contributed by atoms with E-state index >= 15 is 0 Å². The lowest BCUT2D eigenvalue weighted by Gasteiger charge is -2.24. The van der Waals surface area contributed by atoms with Gasteiger partial charge in [-0.15, -0.1) is 0 Å². The lowest BCUT2D eigenvalue weighted by molar-refractivity contribution is 0.0269. The number of likely N-dealkylation sites (tertiary alicyclic amines) is 1. The van der Waals surface area contributed by atoms with Gasteiger partial charge in [-0.1, -0.05) is 0 Å². The SMILES string of the molecule is CCOC(=O)c1ccn([C@@H]2CN(C(=O)OC(C)(C)C)C[C@H]2O)n1. The van der Waals surface area contributed by atoms with Crippen molar-refractivity contribution in [2.45, 2.75) is 45.4 Å². The topological polar surface area (TPSA) is 93.9 Å². The molecule has 128 valence electrons. The van der Waals surface area contributed by atoms with Gasteiger partial charge in [-0.3, -0.25) is 4.68 Å². The number of hydrogen-bond donors (Lipinski definition) is 1. The van der Waals surface area contributed by atoms with Crippen LogP contribution in [-0.2, 0) is 9.47 Å². The van der Waals surface area contributed by atoms with Crippen LogP contribution in [0.4, 0.5) is 4.79 Å². The third-order valence-corrected chi connectivity index (χ3v) is 3.34. The van der Waals surface area contributed by atoms with Crippen molar-refractivity contribution in [2.75, 3.05) is 19.7 Å². The van der Waals surface area contributed by atoms with Gasteiger partial charge in [0, 0.05) is 12.7 Å². The van der Waals surface area contributed by atoms with Gasteiger partial charge in [0.2, 0.25) is 0 Å². The third kappa shape index (κ3) is 4.22. The molecular formula is C15H23N3O5. The van der Waals surface area contributed by atoms with E-state index in [4.69, 9.17) is 9.47 Å². The predicted octanol–water partition coefficient (Wildman–Crippen LogP) is 1.21. The van der Waals surface area contributed by atoms with Crippen LogP contribution in [0.15, 0.2) is 12.3 Å². The summed E-state index contributed by atoms with van der Waals surface area (Å²) < 4.78 is 11.7. The molecule has 0 aromatic carbocycles.